The van der Waals surface area contributed by atoms with Crippen molar-refractivity contribution < 1.29 is 19.0 Å². The van der Waals surface area contributed by atoms with E-state index in [4.69, 9.17) is 19.0 Å². The molecule has 0 saturated heterocycles. The number of ether oxygens (including phenoxy) is 3. The minimum Gasteiger partial charge on any atom is -0.493 e. The number of methoxy groups -OCH3 is 2. The van der Waals surface area contributed by atoms with Crippen molar-refractivity contribution in [3.63, 3.8) is 0 Å². The molecule has 1 aliphatic rings. The van der Waals surface area contributed by atoms with Crippen molar-refractivity contribution in [1.29, 1.82) is 0 Å². The number of fused-ring (bicyclic) bond motifs is 5. The number of benzene rings is 2. The summed E-state index contributed by atoms with van der Waals surface area (Å²) in [6.07, 6.45) is 0. The average molecular weight is 432 g/mol. The van der Waals surface area contributed by atoms with Gasteiger partial charge in [-0.25, -0.2) is 0 Å². The first-order chi connectivity index (χ1) is 14.1. The van der Waals surface area contributed by atoms with Gasteiger partial charge in [0, 0.05) is 34.1 Å². The maximum absolute atomic E-state index is 5.93. The lowest BCUT2D eigenvalue weighted by atomic mass is 10.1. The van der Waals surface area contributed by atoms with Gasteiger partial charge in [0.05, 0.1) is 19.9 Å². The minimum atomic E-state index is 0. The van der Waals surface area contributed by atoms with Gasteiger partial charge in [-0.05, 0) is 44.4 Å². The number of nitrogens with zero attached hydrogens (tertiary/aromatic N) is 2. The predicted octanol–water partition coefficient (Wildman–Crippen LogP) is 3.93. The fourth-order valence-corrected chi connectivity index (χ4v) is 3.66. The number of oxime groups is 1. The van der Waals surface area contributed by atoms with Crippen molar-refractivity contribution in [2.24, 2.45) is 5.16 Å². The highest BCUT2D eigenvalue weighted by atomic mass is 35.5. The van der Waals surface area contributed by atoms with E-state index in [9.17, 15) is 0 Å². The standard InChI is InChI=1S/C22H25N3O4.ClH/c1-25(2)8-9-29-13-6-7-17-16(10-13)20-21(23-17)14-11-18(26-3)19(27-4)12-15(14)22(20)24-28-5;/h6-7,10-12,23H,8-9H2,1-5H3;1H. The van der Waals surface area contributed by atoms with Crippen LogP contribution in [0.5, 0.6) is 17.2 Å². The maximum atomic E-state index is 5.93. The Kier molecular flexibility index (Phi) is 6.43. The fourth-order valence-electron chi connectivity index (χ4n) is 3.66. The lowest BCUT2D eigenvalue weighted by Gasteiger charge is -2.11. The molecule has 0 radical (unpaired) electrons. The highest BCUT2D eigenvalue weighted by Gasteiger charge is 2.32. The summed E-state index contributed by atoms with van der Waals surface area (Å²) >= 11 is 0. The van der Waals surface area contributed by atoms with Crippen LogP contribution in [0, 0.1) is 0 Å². The topological polar surface area (TPSA) is 68.3 Å². The highest BCUT2D eigenvalue weighted by Crippen LogP contribution is 2.45. The van der Waals surface area contributed by atoms with E-state index in [-0.39, 0.29) is 12.4 Å². The summed E-state index contributed by atoms with van der Waals surface area (Å²) in [6, 6.07) is 9.96. The second kappa shape index (κ2) is 8.85. The lowest BCUT2D eigenvalue weighted by molar-refractivity contribution is 0.214. The van der Waals surface area contributed by atoms with Crippen LogP contribution in [0.25, 0.3) is 22.2 Å². The summed E-state index contributed by atoms with van der Waals surface area (Å²) in [4.78, 5) is 10.8. The summed E-state index contributed by atoms with van der Waals surface area (Å²) in [5.41, 5.74) is 5.68. The number of rotatable bonds is 7. The largest absolute Gasteiger partial charge is 0.493 e. The zero-order valence-electron chi connectivity index (χ0n) is 17.7. The monoisotopic (exact) mass is 431 g/mol. The number of H-pyrrole nitrogens is 1. The Balaban J connectivity index is 0.00000256. The molecule has 2 aromatic carbocycles. The van der Waals surface area contributed by atoms with Crippen LogP contribution in [-0.2, 0) is 4.84 Å². The van der Waals surface area contributed by atoms with Crippen LogP contribution in [0.2, 0.25) is 0 Å². The zero-order valence-corrected chi connectivity index (χ0v) is 18.6. The number of hydrogen-bond acceptors (Lipinski definition) is 6. The SMILES string of the molecule is CON=C1c2cc(OC)c(OC)cc2-c2[nH]c3ccc(OCCN(C)C)cc3c21.Cl. The Labute approximate surface area is 182 Å². The molecule has 7 nitrogen and oxygen atoms in total. The fraction of sp³-hybridized carbons (Fsp3) is 0.318. The average Bonchev–Trinajstić information content (AvgIpc) is 3.22. The summed E-state index contributed by atoms with van der Waals surface area (Å²) in [5, 5.41) is 5.36. The molecule has 0 bridgehead atoms. The second-order valence-corrected chi connectivity index (χ2v) is 7.11. The highest BCUT2D eigenvalue weighted by molar-refractivity contribution is 6.30. The molecule has 1 heterocycles. The number of nitrogens with one attached hydrogen (secondary N) is 1. The lowest BCUT2D eigenvalue weighted by Crippen LogP contribution is -2.19. The number of aromatic amines is 1. The number of halogens is 1. The molecule has 0 fully saturated rings. The van der Waals surface area contributed by atoms with E-state index in [2.05, 4.69) is 15.0 Å². The molecule has 0 amide bonds. The van der Waals surface area contributed by atoms with Crippen LogP contribution in [0.4, 0.5) is 0 Å². The van der Waals surface area contributed by atoms with Crippen LogP contribution in [0.15, 0.2) is 35.5 Å². The molecule has 1 aliphatic carbocycles. The van der Waals surface area contributed by atoms with Gasteiger partial charge in [-0.2, -0.15) is 0 Å². The number of aromatic nitrogens is 1. The van der Waals surface area contributed by atoms with Crippen molar-refractivity contribution >= 4 is 29.0 Å². The first kappa shape index (κ1) is 21.8. The van der Waals surface area contributed by atoms with E-state index in [1.807, 2.05) is 44.4 Å². The minimum absolute atomic E-state index is 0. The summed E-state index contributed by atoms with van der Waals surface area (Å²) < 4.78 is 16.9. The Morgan fingerprint density at radius 3 is 2.30 bits per heavy atom. The third-order valence-electron chi connectivity index (χ3n) is 5.04. The number of likely N-dealkylation sites (N-methyl/N-ethyl adjacent to an activating group) is 1. The smallest absolute Gasteiger partial charge is 0.161 e. The predicted molar refractivity (Wildman–Crippen MR) is 121 cm³/mol. The van der Waals surface area contributed by atoms with Gasteiger partial charge in [0.1, 0.15) is 25.2 Å². The zero-order chi connectivity index (χ0) is 20.5. The van der Waals surface area contributed by atoms with Crippen LogP contribution in [0.1, 0.15) is 11.1 Å². The maximum Gasteiger partial charge on any atom is 0.161 e. The summed E-state index contributed by atoms with van der Waals surface area (Å²) in [6.45, 7) is 1.48. The van der Waals surface area contributed by atoms with Gasteiger partial charge in [-0.3, -0.25) is 0 Å². The molecular weight excluding hydrogens is 406 g/mol. The van der Waals surface area contributed by atoms with Gasteiger partial charge in [0.2, 0.25) is 0 Å². The first-order valence-electron chi connectivity index (χ1n) is 9.39. The molecule has 0 aliphatic heterocycles. The Morgan fingerprint density at radius 2 is 1.67 bits per heavy atom. The third-order valence-corrected chi connectivity index (χ3v) is 5.04. The van der Waals surface area contributed by atoms with Crippen LogP contribution < -0.4 is 14.2 Å². The summed E-state index contributed by atoms with van der Waals surface area (Å²) in [5.74, 6) is 2.14. The Bertz CT molecular complexity index is 1090. The van der Waals surface area contributed by atoms with Gasteiger partial charge < -0.3 is 28.9 Å². The molecule has 1 N–H and O–H groups in total. The molecule has 0 saturated carbocycles. The molecule has 3 aromatic rings. The second-order valence-electron chi connectivity index (χ2n) is 7.11. The van der Waals surface area contributed by atoms with E-state index in [0.29, 0.717) is 18.1 Å². The van der Waals surface area contributed by atoms with E-state index in [0.717, 1.165) is 51.3 Å². The molecular formula is C22H26ClN3O4. The molecule has 4 rings (SSSR count). The van der Waals surface area contributed by atoms with Crippen molar-refractivity contribution in [1.82, 2.24) is 9.88 Å². The van der Waals surface area contributed by atoms with Gasteiger partial charge in [-0.1, -0.05) is 5.16 Å². The molecule has 0 spiro atoms. The molecule has 1 aromatic heterocycles. The van der Waals surface area contributed by atoms with E-state index in [1.165, 1.54) is 0 Å². The van der Waals surface area contributed by atoms with Crippen molar-refractivity contribution in [3.05, 3.63) is 41.5 Å². The first-order valence-corrected chi connectivity index (χ1v) is 9.39. The van der Waals surface area contributed by atoms with Crippen LogP contribution in [-0.4, -0.2) is 64.2 Å². The summed E-state index contributed by atoms with van der Waals surface area (Å²) in [7, 11) is 8.86. The third kappa shape index (κ3) is 3.66. The quantitative estimate of drug-likeness (QED) is 0.449. The van der Waals surface area contributed by atoms with E-state index in [1.54, 1.807) is 21.3 Å². The van der Waals surface area contributed by atoms with Gasteiger partial charge in [0.15, 0.2) is 11.5 Å². The Hall–Kier alpha value is -2.90. The molecule has 0 atom stereocenters. The van der Waals surface area contributed by atoms with Gasteiger partial charge >= 0.3 is 0 Å². The molecule has 8 heteroatoms. The van der Waals surface area contributed by atoms with Crippen molar-refractivity contribution in [2.75, 3.05) is 48.6 Å². The van der Waals surface area contributed by atoms with Gasteiger partial charge in [0.25, 0.3) is 0 Å². The van der Waals surface area contributed by atoms with E-state index < -0.39 is 0 Å². The van der Waals surface area contributed by atoms with E-state index >= 15 is 0 Å². The van der Waals surface area contributed by atoms with Crippen molar-refractivity contribution in [3.8, 4) is 28.5 Å². The Morgan fingerprint density at radius 1 is 0.967 bits per heavy atom. The normalized spacial score (nSPS) is 13.2. The van der Waals surface area contributed by atoms with Crippen LogP contribution >= 0.6 is 12.4 Å². The number of hydrogen-bond donors (Lipinski definition) is 1. The molecule has 160 valence electrons. The van der Waals surface area contributed by atoms with Gasteiger partial charge in [-0.15, -0.1) is 12.4 Å². The van der Waals surface area contributed by atoms with Crippen molar-refractivity contribution in [2.45, 2.75) is 0 Å². The van der Waals surface area contributed by atoms with Crippen LogP contribution in [0.3, 0.4) is 0 Å². The molecule has 0 unspecified atom stereocenters. The molecule has 30 heavy (non-hydrogen) atoms.